The predicted molar refractivity (Wildman–Crippen MR) is 98.0 cm³/mol. The highest BCUT2D eigenvalue weighted by atomic mass is 16.3. The lowest BCUT2D eigenvalue weighted by molar-refractivity contribution is 0.0922. The molecule has 1 amide bonds. The van der Waals surface area contributed by atoms with Gasteiger partial charge in [0, 0.05) is 6.04 Å². The van der Waals surface area contributed by atoms with Crippen molar-refractivity contribution in [3.8, 4) is 11.6 Å². The van der Waals surface area contributed by atoms with E-state index in [0.29, 0.717) is 5.69 Å². The van der Waals surface area contributed by atoms with Crippen LogP contribution < -0.4 is 16.6 Å². The predicted octanol–water partition coefficient (Wildman–Crippen LogP) is 1.86. The Kier molecular flexibility index (Phi) is 5.25. The van der Waals surface area contributed by atoms with Crippen molar-refractivity contribution < 1.29 is 9.90 Å². The standard InChI is InChI=1S/C19H23N3O4/c1-2-12-8-10-14(11-9-12)22-18(25)15(17(24)21-19(22)26)16(23)20-13-6-4-3-5-7-13/h8-11,13,25H,2-7H2,1H3,(H,20,23)(H,21,24,26). The van der Waals surface area contributed by atoms with Gasteiger partial charge in [-0.3, -0.25) is 14.6 Å². The second-order valence-electron chi connectivity index (χ2n) is 6.62. The van der Waals surface area contributed by atoms with E-state index in [1.165, 1.54) is 0 Å². The first-order valence-corrected chi connectivity index (χ1v) is 8.99. The van der Waals surface area contributed by atoms with E-state index in [4.69, 9.17) is 0 Å². The van der Waals surface area contributed by atoms with Gasteiger partial charge in [-0.2, -0.15) is 0 Å². The van der Waals surface area contributed by atoms with Gasteiger partial charge in [-0.25, -0.2) is 9.36 Å². The van der Waals surface area contributed by atoms with Crippen LogP contribution in [0.3, 0.4) is 0 Å². The summed E-state index contributed by atoms with van der Waals surface area (Å²) in [5.74, 6) is -1.30. The maximum absolute atomic E-state index is 12.5. The van der Waals surface area contributed by atoms with Crippen molar-refractivity contribution in [3.05, 3.63) is 56.2 Å². The van der Waals surface area contributed by atoms with Crippen LogP contribution in [0.2, 0.25) is 0 Å². The van der Waals surface area contributed by atoms with Crippen LogP contribution in [0.1, 0.15) is 54.9 Å². The molecule has 7 nitrogen and oxygen atoms in total. The molecule has 1 aliphatic carbocycles. The van der Waals surface area contributed by atoms with Crippen molar-refractivity contribution in [2.75, 3.05) is 0 Å². The van der Waals surface area contributed by atoms with Crippen LogP contribution >= 0.6 is 0 Å². The third kappa shape index (κ3) is 3.56. The second-order valence-corrected chi connectivity index (χ2v) is 6.62. The summed E-state index contributed by atoms with van der Waals surface area (Å²) in [4.78, 5) is 39.0. The second kappa shape index (κ2) is 7.59. The van der Waals surface area contributed by atoms with Crippen LogP contribution in [0.15, 0.2) is 33.9 Å². The fourth-order valence-electron chi connectivity index (χ4n) is 3.35. The molecule has 1 aliphatic rings. The molecule has 0 bridgehead atoms. The van der Waals surface area contributed by atoms with Gasteiger partial charge in [0.25, 0.3) is 11.5 Å². The molecule has 0 spiro atoms. The highest BCUT2D eigenvalue weighted by molar-refractivity contribution is 5.96. The Morgan fingerprint density at radius 3 is 2.46 bits per heavy atom. The lowest BCUT2D eigenvalue weighted by Gasteiger charge is -2.22. The van der Waals surface area contributed by atoms with Gasteiger partial charge in [-0.1, -0.05) is 38.3 Å². The van der Waals surface area contributed by atoms with E-state index < -0.39 is 28.6 Å². The zero-order valence-corrected chi connectivity index (χ0v) is 14.7. The van der Waals surface area contributed by atoms with E-state index in [-0.39, 0.29) is 6.04 Å². The number of benzene rings is 1. The average Bonchev–Trinajstić information content (AvgIpc) is 2.62. The number of nitrogens with zero attached hydrogens (tertiary/aromatic N) is 1. The minimum absolute atomic E-state index is 0.0146. The van der Waals surface area contributed by atoms with Gasteiger partial charge in [-0.05, 0) is 37.0 Å². The molecule has 0 saturated heterocycles. The number of hydrogen-bond donors (Lipinski definition) is 3. The Labute approximate surface area is 150 Å². The minimum atomic E-state index is -0.887. The largest absolute Gasteiger partial charge is 0.493 e. The SMILES string of the molecule is CCc1ccc(-n2c(O)c(C(=O)NC3CCCCC3)c(=O)[nH]c2=O)cc1. The normalized spacial score (nSPS) is 15.0. The van der Waals surface area contributed by atoms with Crippen LogP contribution in [0.5, 0.6) is 5.88 Å². The first kappa shape index (κ1) is 18.0. The van der Waals surface area contributed by atoms with Gasteiger partial charge in [0.15, 0.2) is 5.56 Å². The van der Waals surface area contributed by atoms with Crippen molar-refractivity contribution in [2.45, 2.75) is 51.5 Å². The number of carbonyl (C=O) groups excluding carboxylic acids is 1. The smallest absolute Gasteiger partial charge is 0.335 e. The summed E-state index contributed by atoms with van der Waals surface area (Å²) in [7, 11) is 0. The molecule has 0 aliphatic heterocycles. The van der Waals surface area contributed by atoms with Gasteiger partial charge in [-0.15, -0.1) is 0 Å². The number of amides is 1. The number of aromatic amines is 1. The van der Waals surface area contributed by atoms with Crippen LogP contribution in [0, 0.1) is 0 Å². The maximum Gasteiger partial charge on any atom is 0.335 e. The molecule has 138 valence electrons. The molecule has 0 radical (unpaired) electrons. The van der Waals surface area contributed by atoms with Crippen molar-refractivity contribution in [1.29, 1.82) is 0 Å². The number of aromatic nitrogens is 2. The number of carbonyl (C=O) groups is 1. The van der Waals surface area contributed by atoms with Gasteiger partial charge in [0.2, 0.25) is 5.88 Å². The van der Waals surface area contributed by atoms with Crippen molar-refractivity contribution >= 4 is 5.91 Å². The lowest BCUT2D eigenvalue weighted by Crippen LogP contribution is -2.41. The maximum atomic E-state index is 12.5. The third-order valence-electron chi connectivity index (χ3n) is 4.86. The molecule has 0 atom stereocenters. The number of nitrogens with one attached hydrogen (secondary N) is 2. The van der Waals surface area contributed by atoms with Gasteiger partial charge in [0.1, 0.15) is 0 Å². The van der Waals surface area contributed by atoms with Gasteiger partial charge < -0.3 is 10.4 Å². The van der Waals surface area contributed by atoms with E-state index in [1.54, 1.807) is 12.1 Å². The molecule has 0 unspecified atom stereocenters. The molecule has 1 heterocycles. The summed E-state index contributed by atoms with van der Waals surface area (Å²) < 4.78 is 0.941. The summed E-state index contributed by atoms with van der Waals surface area (Å²) in [5.41, 5.74) is -0.656. The molecule has 1 saturated carbocycles. The molecule has 1 fully saturated rings. The van der Waals surface area contributed by atoms with E-state index in [9.17, 15) is 19.5 Å². The number of rotatable bonds is 4. The molecular weight excluding hydrogens is 334 g/mol. The highest BCUT2D eigenvalue weighted by Gasteiger charge is 2.24. The summed E-state index contributed by atoms with van der Waals surface area (Å²) in [5, 5.41) is 13.3. The molecule has 1 aromatic carbocycles. The van der Waals surface area contributed by atoms with Crippen LogP contribution in [0.25, 0.3) is 5.69 Å². The summed E-state index contributed by atoms with van der Waals surface area (Å²) in [6, 6.07) is 6.98. The van der Waals surface area contributed by atoms with Crippen molar-refractivity contribution in [3.63, 3.8) is 0 Å². The first-order chi connectivity index (χ1) is 12.5. The quantitative estimate of drug-likeness (QED) is 0.777. The highest BCUT2D eigenvalue weighted by Crippen LogP contribution is 2.20. The molecular formula is C19H23N3O4. The average molecular weight is 357 g/mol. The first-order valence-electron chi connectivity index (χ1n) is 8.99. The molecule has 26 heavy (non-hydrogen) atoms. The van der Waals surface area contributed by atoms with E-state index >= 15 is 0 Å². The molecule has 2 aromatic rings. The summed E-state index contributed by atoms with van der Waals surface area (Å²) in [6.45, 7) is 2.01. The Morgan fingerprint density at radius 1 is 1.19 bits per heavy atom. The number of H-pyrrole nitrogens is 1. The van der Waals surface area contributed by atoms with Crippen molar-refractivity contribution in [1.82, 2.24) is 14.9 Å². The fraction of sp³-hybridized carbons (Fsp3) is 0.421. The number of aryl methyl sites for hydroxylation is 1. The third-order valence-corrected chi connectivity index (χ3v) is 4.86. The Balaban J connectivity index is 1.99. The zero-order chi connectivity index (χ0) is 18.7. The van der Waals surface area contributed by atoms with Crippen LogP contribution in [-0.2, 0) is 6.42 Å². The number of hydrogen-bond acceptors (Lipinski definition) is 4. The van der Waals surface area contributed by atoms with E-state index in [1.807, 2.05) is 19.1 Å². The van der Waals surface area contributed by atoms with Gasteiger partial charge in [0.05, 0.1) is 5.69 Å². The number of aromatic hydroxyl groups is 1. The Bertz CT molecular complexity index is 906. The topological polar surface area (TPSA) is 104 Å². The molecule has 7 heteroatoms. The van der Waals surface area contributed by atoms with Crippen LogP contribution in [0.4, 0.5) is 0 Å². The van der Waals surface area contributed by atoms with E-state index in [0.717, 1.165) is 48.7 Å². The molecule has 3 N–H and O–H groups in total. The van der Waals surface area contributed by atoms with E-state index in [2.05, 4.69) is 10.3 Å². The Morgan fingerprint density at radius 2 is 1.85 bits per heavy atom. The Hall–Kier alpha value is -2.83. The minimum Gasteiger partial charge on any atom is -0.493 e. The molecule has 3 rings (SSSR count). The lowest BCUT2D eigenvalue weighted by atomic mass is 9.95. The molecule has 1 aromatic heterocycles. The van der Waals surface area contributed by atoms with Crippen LogP contribution in [-0.4, -0.2) is 26.6 Å². The van der Waals surface area contributed by atoms with Crippen molar-refractivity contribution in [2.24, 2.45) is 0 Å². The fourth-order valence-corrected chi connectivity index (χ4v) is 3.35. The monoisotopic (exact) mass is 357 g/mol. The zero-order valence-electron chi connectivity index (χ0n) is 14.7. The summed E-state index contributed by atoms with van der Waals surface area (Å²) >= 11 is 0. The van der Waals surface area contributed by atoms with Gasteiger partial charge >= 0.3 is 5.69 Å². The summed E-state index contributed by atoms with van der Waals surface area (Å²) in [6.07, 6.45) is 5.72.